The highest BCUT2D eigenvalue weighted by molar-refractivity contribution is 5.98. The molecule has 0 saturated heterocycles. The summed E-state index contributed by atoms with van der Waals surface area (Å²) in [6.45, 7) is 6.04. The summed E-state index contributed by atoms with van der Waals surface area (Å²) >= 11 is 0. The van der Waals surface area contributed by atoms with Crippen LogP contribution in [0.3, 0.4) is 0 Å². The molecule has 0 spiro atoms. The number of carbonyl (C=O) groups excluding carboxylic acids is 6. The summed E-state index contributed by atoms with van der Waals surface area (Å²) in [6.07, 6.45) is 2.73. The van der Waals surface area contributed by atoms with Gasteiger partial charge in [0.2, 0.25) is 0 Å². The Morgan fingerprint density at radius 3 is 1.31 bits per heavy atom. The second-order valence-corrected chi connectivity index (χ2v) is 20.0. The Hall–Kier alpha value is -10.2. The van der Waals surface area contributed by atoms with Crippen molar-refractivity contribution in [3.63, 3.8) is 0 Å². The number of aryl methyl sites for hydroxylation is 1. The van der Waals surface area contributed by atoms with Crippen LogP contribution in [0.5, 0.6) is 34.5 Å². The first kappa shape index (κ1) is 57.5. The van der Waals surface area contributed by atoms with E-state index in [1.54, 1.807) is 98.1 Å². The molecule has 0 heterocycles. The summed E-state index contributed by atoms with van der Waals surface area (Å²) in [7, 11) is 1.66. The molecule has 0 amide bonds. The van der Waals surface area contributed by atoms with Crippen molar-refractivity contribution in [2.24, 2.45) is 0 Å². The molecule has 1 atom stereocenters. The van der Waals surface area contributed by atoms with Crippen LogP contribution in [0.2, 0.25) is 0 Å². The molecule has 0 saturated carbocycles. The smallest absolute Gasteiger partial charge is 0.343 e. The van der Waals surface area contributed by atoms with Gasteiger partial charge in [0.25, 0.3) is 0 Å². The van der Waals surface area contributed by atoms with E-state index in [0.717, 1.165) is 44.7 Å². The molecule has 0 bridgehead atoms. The normalized spacial score (nSPS) is 11.2. The number of ketones is 2. The fourth-order valence-electron chi connectivity index (χ4n) is 9.20. The van der Waals surface area contributed by atoms with Crippen molar-refractivity contribution in [2.75, 3.05) is 13.7 Å². The lowest BCUT2D eigenvalue weighted by atomic mass is 9.92. The van der Waals surface area contributed by atoms with Crippen LogP contribution in [-0.2, 0) is 12.8 Å². The molecule has 0 aliphatic heterocycles. The van der Waals surface area contributed by atoms with Crippen LogP contribution in [0.25, 0.3) is 0 Å². The Morgan fingerprint density at radius 1 is 0.410 bits per heavy atom. The maximum atomic E-state index is 13.0. The van der Waals surface area contributed by atoms with Crippen LogP contribution >= 0.6 is 0 Å². The van der Waals surface area contributed by atoms with E-state index in [-0.39, 0.29) is 28.6 Å². The van der Waals surface area contributed by atoms with E-state index in [2.05, 4.69) is 13.0 Å². The van der Waals surface area contributed by atoms with Gasteiger partial charge >= 0.3 is 23.9 Å². The summed E-state index contributed by atoms with van der Waals surface area (Å²) in [4.78, 5) is 76.5. The predicted molar refractivity (Wildman–Crippen MR) is 316 cm³/mol. The number of para-hydroxylation sites is 1. The van der Waals surface area contributed by atoms with Crippen LogP contribution in [0.4, 0.5) is 0 Å². The summed E-state index contributed by atoms with van der Waals surface area (Å²) in [5, 5.41) is 0. The van der Waals surface area contributed by atoms with Crippen molar-refractivity contribution in [3.05, 3.63) is 285 Å². The Bertz CT molecular complexity index is 3740. The molecule has 0 aliphatic rings. The largest absolute Gasteiger partial charge is 0.496 e. The first-order valence-electron chi connectivity index (χ1n) is 27.2. The van der Waals surface area contributed by atoms with Gasteiger partial charge < -0.3 is 28.4 Å². The molecule has 0 fully saturated rings. The summed E-state index contributed by atoms with van der Waals surface area (Å²) < 4.78 is 33.9. The summed E-state index contributed by atoms with van der Waals surface area (Å²) in [6, 6.07) is 61.9. The number of rotatable bonds is 23. The molecule has 1 unspecified atom stereocenters. The van der Waals surface area contributed by atoms with E-state index in [9.17, 15) is 28.8 Å². The van der Waals surface area contributed by atoms with Crippen molar-refractivity contribution in [3.8, 4) is 34.5 Å². The second-order valence-electron chi connectivity index (χ2n) is 20.0. The van der Waals surface area contributed by atoms with Gasteiger partial charge in [0.05, 0.1) is 36.0 Å². The average molecular weight is 1110 g/mol. The van der Waals surface area contributed by atoms with Gasteiger partial charge in [0.15, 0.2) is 11.6 Å². The van der Waals surface area contributed by atoms with E-state index < -0.39 is 23.9 Å². The standard InChI is InChI=1S/C71H60O12/c1-46-43-59(32-41-66(46)78-4)47(2)52-30-39-64(40-31-52)82-70(76)57-28-26-56(27-29-57)69(75)81-63-37-16-50(17-38-63)44-49-14-35-62(36-15-49)80-68(74)55-24-20-54(21-25-55)65(73)10-7-8-42-79-61-33-12-51(13-34-61)45-60-9-5-6-11-67(60)83-71(77)58-22-18-53(19-23-58)48(3)72/h5-6,9,11-41,43,47H,7-8,10,42,44-45H2,1-4H3. The number of hydrogen-bond acceptors (Lipinski definition) is 12. The first-order chi connectivity index (χ1) is 40.2. The number of Topliss-reactive ketones (excluding diaryl/α,β-unsaturated/α-hetero) is 2. The fraction of sp³-hybridized carbons (Fsp3) is 0.155. The molecule has 9 rings (SSSR count). The van der Waals surface area contributed by atoms with Crippen LogP contribution in [0, 0.1) is 6.92 Å². The molecule has 0 aliphatic carbocycles. The highest BCUT2D eigenvalue weighted by Crippen LogP contribution is 2.30. The third kappa shape index (κ3) is 15.6. The molecule has 9 aromatic rings. The van der Waals surface area contributed by atoms with Crippen molar-refractivity contribution in [2.45, 2.75) is 58.8 Å². The zero-order valence-electron chi connectivity index (χ0n) is 46.4. The third-order valence-corrected chi connectivity index (χ3v) is 14.1. The lowest BCUT2D eigenvalue weighted by Crippen LogP contribution is -2.11. The van der Waals surface area contributed by atoms with Crippen molar-refractivity contribution in [1.29, 1.82) is 0 Å². The molecule has 0 radical (unpaired) electrons. The zero-order valence-corrected chi connectivity index (χ0v) is 46.4. The molecule has 0 N–H and O–H groups in total. The quantitative estimate of drug-likeness (QED) is 0.0259. The van der Waals surface area contributed by atoms with Gasteiger partial charge in [-0.15, -0.1) is 0 Å². The lowest BCUT2D eigenvalue weighted by molar-refractivity contribution is 0.0720. The molecular formula is C71H60O12. The first-order valence-corrected chi connectivity index (χ1v) is 27.2. The predicted octanol–water partition coefficient (Wildman–Crippen LogP) is 14.8. The number of ether oxygens (including phenoxy) is 6. The third-order valence-electron chi connectivity index (χ3n) is 14.1. The maximum Gasteiger partial charge on any atom is 0.343 e. The maximum absolute atomic E-state index is 13.0. The van der Waals surface area contributed by atoms with E-state index in [4.69, 9.17) is 28.4 Å². The summed E-state index contributed by atoms with van der Waals surface area (Å²) in [5.41, 5.74) is 9.32. The van der Waals surface area contributed by atoms with Crippen LogP contribution < -0.4 is 28.4 Å². The Labute approximate surface area is 482 Å². The van der Waals surface area contributed by atoms with Gasteiger partial charge in [-0.25, -0.2) is 19.2 Å². The average Bonchev–Trinajstić information content (AvgIpc) is 3.51. The molecule has 12 heteroatoms. The van der Waals surface area contributed by atoms with E-state index >= 15 is 0 Å². The highest BCUT2D eigenvalue weighted by Gasteiger charge is 2.18. The van der Waals surface area contributed by atoms with Gasteiger partial charge in [0.1, 0.15) is 34.5 Å². The van der Waals surface area contributed by atoms with E-state index in [1.165, 1.54) is 31.2 Å². The summed E-state index contributed by atoms with van der Waals surface area (Å²) in [5.74, 6) is 0.983. The van der Waals surface area contributed by atoms with E-state index in [1.807, 2.05) is 97.9 Å². The number of carbonyl (C=O) groups is 6. The minimum absolute atomic E-state index is 0.0357. The molecule has 416 valence electrons. The molecular weight excluding hydrogens is 1040 g/mol. The van der Waals surface area contributed by atoms with Gasteiger partial charge in [-0.1, -0.05) is 110 Å². The second kappa shape index (κ2) is 27.3. The topological polar surface area (TPSA) is 158 Å². The Morgan fingerprint density at radius 2 is 0.831 bits per heavy atom. The highest BCUT2D eigenvalue weighted by atomic mass is 16.5. The van der Waals surface area contributed by atoms with Crippen LogP contribution in [-0.4, -0.2) is 49.2 Å². The van der Waals surface area contributed by atoms with Crippen LogP contribution in [0.15, 0.2) is 212 Å². The number of methoxy groups -OCH3 is 1. The van der Waals surface area contributed by atoms with Gasteiger partial charge in [-0.05, 0) is 181 Å². The zero-order chi connectivity index (χ0) is 58.2. The van der Waals surface area contributed by atoms with Gasteiger partial charge in [-0.3, -0.25) is 9.59 Å². The van der Waals surface area contributed by atoms with E-state index in [0.29, 0.717) is 89.7 Å². The number of benzene rings is 9. The number of hydrogen-bond donors (Lipinski definition) is 0. The number of unbranched alkanes of at least 4 members (excludes halogenated alkanes) is 1. The number of esters is 4. The van der Waals surface area contributed by atoms with Crippen LogP contribution in [0.1, 0.15) is 140 Å². The SMILES string of the molecule is COc1ccc(C(C)c2ccc(OC(=O)c3ccc(C(=O)Oc4ccc(Cc5ccc(OC(=O)c6ccc(C(=O)CCCCOc7ccc(Cc8ccccc8OC(=O)c8ccc(C(C)=O)cc8)cc7)cc6)cc5)cc4)cc3)cc2)cc1C. The minimum Gasteiger partial charge on any atom is -0.496 e. The molecule has 83 heavy (non-hydrogen) atoms. The molecule has 0 aromatic heterocycles. The molecule has 12 nitrogen and oxygen atoms in total. The van der Waals surface area contributed by atoms with Crippen molar-refractivity contribution in [1.82, 2.24) is 0 Å². The van der Waals surface area contributed by atoms with Gasteiger partial charge in [-0.2, -0.15) is 0 Å². The monoisotopic (exact) mass is 1100 g/mol. The lowest BCUT2D eigenvalue weighted by Gasteiger charge is -2.15. The molecule has 9 aromatic carbocycles. The minimum atomic E-state index is -0.572. The van der Waals surface area contributed by atoms with Crippen molar-refractivity contribution >= 4 is 35.4 Å². The van der Waals surface area contributed by atoms with Crippen molar-refractivity contribution < 1.29 is 57.2 Å². The Kier molecular flexibility index (Phi) is 18.9. The van der Waals surface area contributed by atoms with Gasteiger partial charge in [0, 0.05) is 29.9 Å². The fourth-order valence-corrected chi connectivity index (χ4v) is 9.20. The Balaban J connectivity index is 0.658.